The summed E-state index contributed by atoms with van der Waals surface area (Å²) in [6, 6.07) is -1.04. The average molecular weight is 216 g/mol. The number of rotatable bonds is 1. The van der Waals surface area contributed by atoms with Crippen molar-refractivity contribution < 1.29 is 25.2 Å². The molecule has 2 unspecified atom stereocenters. The largest absolute Gasteiger partial charge is 0.394 e. The lowest BCUT2D eigenvalue weighted by atomic mass is 9.98. The van der Waals surface area contributed by atoms with Crippen LogP contribution in [0.3, 0.4) is 0 Å². The quantitative estimate of drug-likeness (QED) is 0.322. The maximum Gasteiger partial charge on any atom is 0.173 e. The van der Waals surface area contributed by atoms with E-state index >= 15 is 0 Å². The second-order valence-electron chi connectivity index (χ2n) is 2.81. The lowest BCUT2D eigenvalue weighted by Crippen LogP contribution is -2.61. The maximum absolute atomic E-state index is 9.20. The molecule has 0 radical (unpaired) electrons. The summed E-state index contributed by atoms with van der Waals surface area (Å²) in [4.78, 5) is 0. The minimum Gasteiger partial charge on any atom is -0.394 e. The van der Waals surface area contributed by atoms with Gasteiger partial charge in [0.2, 0.25) is 0 Å². The minimum atomic E-state index is -1.35. The Hall–Kier alpha value is 0.0500. The highest BCUT2D eigenvalue weighted by Gasteiger charge is 2.41. The van der Waals surface area contributed by atoms with Gasteiger partial charge in [0.25, 0.3) is 0 Å². The summed E-state index contributed by atoms with van der Waals surface area (Å²) < 4.78 is 4.70. The van der Waals surface area contributed by atoms with Crippen LogP contribution in [0.5, 0.6) is 0 Å². The van der Waals surface area contributed by atoms with E-state index in [1.165, 1.54) is 0 Å². The van der Waals surface area contributed by atoms with Crippen molar-refractivity contribution in [1.82, 2.24) is 0 Å². The summed E-state index contributed by atoms with van der Waals surface area (Å²) in [5.74, 6) is 0. The lowest BCUT2D eigenvalue weighted by Gasteiger charge is -2.38. The van der Waals surface area contributed by atoms with Gasteiger partial charge < -0.3 is 30.9 Å². The van der Waals surface area contributed by atoms with Crippen LogP contribution in [-0.4, -0.2) is 57.7 Å². The minimum absolute atomic E-state index is 0. The van der Waals surface area contributed by atoms with Crippen molar-refractivity contribution in [3.05, 3.63) is 0 Å². The predicted octanol–water partition coefficient (Wildman–Crippen LogP) is -2.83. The third-order valence-corrected chi connectivity index (χ3v) is 1.95. The molecule has 1 heterocycles. The molecule has 6 N–H and O–H groups in total. The van der Waals surface area contributed by atoms with E-state index in [-0.39, 0.29) is 12.4 Å². The highest BCUT2D eigenvalue weighted by molar-refractivity contribution is 5.85. The van der Waals surface area contributed by atoms with Crippen molar-refractivity contribution in [3.63, 3.8) is 0 Å². The van der Waals surface area contributed by atoms with Crippen molar-refractivity contribution in [2.75, 3.05) is 6.61 Å². The van der Waals surface area contributed by atoms with Crippen molar-refractivity contribution in [1.29, 1.82) is 0 Å². The fraction of sp³-hybridized carbons (Fsp3) is 1.00. The Morgan fingerprint density at radius 3 is 2.15 bits per heavy atom. The highest BCUT2D eigenvalue weighted by Crippen LogP contribution is 2.17. The molecule has 0 amide bonds. The Morgan fingerprint density at radius 2 is 1.69 bits per heavy atom. The number of hydrogen-bond donors (Lipinski definition) is 5. The van der Waals surface area contributed by atoms with Gasteiger partial charge in [-0.1, -0.05) is 0 Å². The molecule has 0 saturated carbocycles. The van der Waals surface area contributed by atoms with Crippen LogP contribution in [0.1, 0.15) is 0 Å². The number of halogens is 1. The fourth-order valence-electron chi connectivity index (χ4n) is 1.12. The molecular formula is C6H14ClNO5. The topological polar surface area (TPSA) is 116 Å². The number of nitrogens with two attached hydrogens (primary N) is 1. The lowest BCUT2D eigenvalue weighted by molar-refractivity contribution is -0.248. The Labute approximate surface area is 81.3 Å². The molecule has 0 spiro atoms. The van der Waals surface area contributed by atoms with Gasteiger partial charge in [0.15, 0.2) is 6.29 Å². The predicted molar refractivity (Wildman–Crippen MR) is 45.2 cm³/mol. The molecule has 1 aliphatic heterocycles. The van der Waals surface area contributed by atoms with E-state index < -0.39 is 37.3 Å². The molecular weight excluding hydrogens is 202 g/mol. The summed E-state index contributed by atoms with van der Waals surface area (Å²) in [6.45, 7) is -0.470. The monoisotopic (exact) mass is 215 g/mol. The third-order valence-electron chi connectivity index (χ3n) is 1.95. The molecule has 0 aromatic rings. The molecule has 0 aliphatic carbocycles. The fourth-order valence-corrected chi connectivity index (χ4v) is 1.12. The van der Waals surface area contributed by atoms with Crippen LogP contribution in [0, 0.1) is 0 Å². The number of aliphatic hydroxyl groups is 4. The zero-order chi connectivity index (χ0) is 9.30. The second-order valence-corrected chi connectivity index (χ2v) is 2.81. The van der Waals surface area contributed by atoms with Gasteiger partial charge in [0.1, 0.15) is 18.3 Å². The van der Waals surface area contributed by atoms with Gasteiger partial charge in [-0.05, 0) is 0 Å². The van der Waals surface area contributed by atoms with Crippen LogP contribution < -0.4 is 5.73 Å². The van der Waals surface area contributed by atoms with E-state index in [2.05, 4.69) is 0 Å². The van der Waals surface area contributed by atoms with E-state index in [1.807, 2.05) is 0 Å². The molecule has 1 fully saturated rings. The Bertz CT molecular complexity index is 155. The second kappa shape index (κ2) is 5.06. The normalized spacial score (nSPS) is 45.5. The first-order valence-electron chi connectivity index (χ1n) is 3.64. The van der Waals surface area contributed by atoms with Gasteiger partial charge in [0.05, 0.1) is 12.6 Å². The van der Waals surface area contributed by atoms with Gasteiger partial charge in [-0.15, -0.1) is 12.4 Å². The van der Waals surface area contributed by atoms with Crippen LogP contribution >= 0.6 is 12.4 Å². The van der Waals surface area contributed by atoms with Crippen molar-refractivity contribution >= 4 is 12.4 Å². The summed E-state index contributed by atoms with van der Waals surface area (Å²) in [6.07, 6.45) is -4.85. The van der Waals surface area contributed by atoms with Gasteiger partial charge in [0, 0.05) is 0 Å². The van der Waals surface area contributed by atoms with E-state index in [0.29, 0.717) is 0 Å². The molecule has 1 rings (SSSR count). The standard InChI is InChI=1S/C6H13NO5.ClH/c7-3-5(10)4(9)2(1-8)12-6(3)11;/h2-6,8-11H,1,7H2;1H/t2-,3+,4-,5?,6?;/m1./s1. The van der Waals surface area contributed by atoms with Gasteiger partial charge >= 0.3 is 0 Å². The Kier molecular flexibility index (Phi) is 5.08. The van der Waals surface area contributed by atoms with E-state index in [9.17, 15) is 10.2 Å². The van der Waals surface area contributed by atoms with Crippen LogP contribution in [0.2, 0.25) is 0 Å². The Balaban J connectivity index is 0.00000144. The molecule has 7 heteroatoms. The van der Waals surface area contributed by atoms with Crippen LogP contribution in [0.15, 0.2) is 0 Å². The number of aliphatic hydroxyl groups excluding tert-OH is 4. The Morgan fingerprint density at radius 1 is 1.15 bits per heavy atom. The molecule has 6 nitrogen and oxygen atoms in total. The van der Waals surface area contributed by atoms with Crippen LogP contribution in [0.4, 0.5) is 0 Å². The molecule has 0 aromatic carbocycles. The van der Waals surface area contributed by atoms with Gasteiger partial charge in [-0.3, -0.25) is 0 Å². The molecule has 0 bridgehead atoms. The smallest absolute Gasteiger partial charge is 0.173 e. The molecule has 80 valence electrons. The van der Waals surface area contributed by atoms with Gasteiger partial charge in [-0.2, -0.15) is 0 Å². The van der Waals surface area contributed by atoms with Gasteiger partial charge in [-0.25, -0.2) is 0 Å². The molecule has 1 saturated heterocycles. The SMILES string of the molecule is Cl.N[C@@H]1C(O)O[C@H](CO)[C@@H](O)C1O. The van der Waals surface area contributed by atoms with Crippen molar-refractivity contribution in [3.8, 4) is 0 Å². The highest BCUT2D eigenvalue weighted by atomic mass is 35.5. The molecule has 5 atom stereocenters. The third kappa shape index (κ3) is 2.50. The molecule has 1 aliphatic rings. The maximum atomic E-state index is 9.20. The van der Waals surface area contributed by atoms with Crippen LogP contribution in [0.25, 0.3) is 0 Å². The van der Waals surface area contributed by atoms with Crippen molar-refractivity contribution in [2.24, 2.45) is 5.73 Å². The average Bonchev–Trinajstić information content (AvgIpc) is 2.08. The first-order valence-corrected chi connectivity index (χ1v) is 3.64. The zero-order valence-corrected chi connectivity index (χ0v) is 7.59. The zero-order valence-electron chi connectivity index (χ0n) is 6.78. The first-order chi connectivity index (χ1) is 5.57. The van der Waals surface area contributed by atoms with Crippen molar-refractivity contribution in [2.45, 2.75) is 30.6 Å². The summed E-state index contributed by atoms with van der Waals surface area (Å²) in [7, 11) is 0. The van der Waals surface area contributed by atoms with Crippen LogP contribution in [-0.2, 0) is 4.74 Å². The van der Waals surface area contributed by atoms with E-state index in [4.69, 9.17) is 20.7 Å². The summed E-state index contributed by atoms with van der Waals surface area (Å²) in [5, 5.41) is 36.1. The number of ether oxygens (including phenoxy) is 1. The van der Waals surface area contributed by atoms with E-state index in [0.717, 1.165) is 0 Å². The number of hydrogen-bond acceptors (Lipinski definition) is 6. The summed E-state index contributed by atoms with van der Waals surface area (Å²) >= 11 is 0. The molecule has 0 aromatic heterocycles. The van der Waals surface area contributed by atoms with E-state index in [1.54, 1.807) is 0 Å². The molecule has 13 heavy (non-hydrogen) atoms. The first kappa shape index (κ1) is 13.1. The summed E-state index contributed by atoms with van der Waals surface area (Å²) in [5.41, 5.74) is 5.26.